The van der Waals surface area contributed by atoms with Crippen molar-refractivity contribution in [3.05, 3.63) is 54.1 Å². The van der Waals surface area contributed by atoms with Gasteiger partial charge in [-0.3, -0.25) is 0 Å². The molecular formula is C15H8BNS. The lowest BCUT2D eigenvalue weighted by molar-refractivity contribution is 1.50. The summed E-state index contributed by atoms with van der Waals surface area (Å²) in [5.41, 5.74) is 2.62. The predicted octanol–water partition coefficient (Wildman–Crippen LogP) is 3.23. The van der Waals surface area contributed by atoms with Gasteiger partial charge in [0.1, 0.15) is 7.85 Å². The summed E-state index contributed by atoms with van der Waals surface area (Å²) in [7, 11) is 5.69. The zero-order valence-corrected chi connectivity index (χ0v) is 10.4. The maximum absolute atomic E-state index is 8.89. The number of nitrogens with zero attached hydrogens (tertiary/aromatic N) is 1. The minimum absolute atomic E-state index is 0.698. The molecule has 0 aliphatic heterocycles. The van der Waals surface area contributed by atoms with E-state index in [-0.39, 0.29) is 0 Å². The van der Waals surface area contributed by atoms with Gasteiger partial charge in [-0.25, -0.2) is 0 Å². The van der Waals surface area contributed by atoms with Crippen molar-refractivity contribution in [3.63, 3.8) is 0 Å². The Labute approximate surface area is 111 Å². The molecule has 0 aliphatic carbocycles. The Hall–Kier alpha value is -2.05. The molecule has 0 spiro atoms. The first-order valence-electron chi connectivity index (χ1n) is 5.56. The van der Waals surface area contributed by atoms with Crippen LogP contribution in [0, 0.1) is 11.3 Å². The Morgan fingerprint density at radius 1 is 1.00 bits per heavy atom. The van der Waals surface area contributed by atoms with Gasteiger partial charge in [0.05, 0.1) is 11.6 Å². The van der Waals surface area contributed by atoms with Gasteiger partial charge in [0.2, 0.25) is 0 Å². The second-order valence-corrected chi connectivity index (χ2v) is 5.18. The summed E-state index contributed by atoms with van der Waals surface area (Å²) in [6.45, 7) is 0. The molecule has 1 aromatic heterocycles. The quantitative estimate of drug-likeness (QED) is 0.604. The lowest BCUT2D eigenvalue weighted by Crippen LogP contribution is -1.98. The van der Waals surface area contributed by atoms with Crippen molar-refractivity contribution in [2.24, 2.45) is 0 Å². The average molecular weight is 245 g/mol. The fourth-order valence-electron chi connectivity index (χ4n) is 1.90. The molecule has 0 unspecified atom stereocenters. The third kappa shape index (κ3) is 1.92. The first-order valence-corrected chi connectivity index (χ1v) is 6.37. The van der Waals surface area contributed by atoms with Crippen LogP contribution in [0.1, 0.15) is 5.56 Å². The van der Waals surface area contributed by atoms with Crippen molar-refractivity contribution in [1.29, 1.82) is 5.26 Å². The maximum Gasteiger partial charge on any atom is 0.113 e. The highest BCUT2D eigenvalue weighted by Gasteiger charge is 2.04. The minimum atomic E-state index is 0.698. The van der Waals surface area contributed by atoms with Crippen LogP contribution in [0.3, 0.4) is 0 Å². The smallest absolute Gasteiger partial charge is 0.113 e. The van der Waals surface area contributed by atoms with Crippen LogP contribution < -0.4 is 5.46 Å². The van der Waals surface area contributed by atoms with E-state index in [2.05, 4.69) is 12.1 Å². The van der Waals surface area contributed by atoms with Gasteiger partial charge in [-0.2, -0.15) is 5.26 Å². The van der Waals surface area contributed by atoms with E-state index in [1.807, 2.05) is 42.5 Å². The largest absolute Gasteiger partial charge is 0.192 e. The second kappa shape index (κ2) is 4.32. The van der Waals surface area contributed by atoms with Gasteiger partial charge < -0.3 is 0 Å². The van der Waals surface area contributed by atoms with Gasteiger partial charge in [0, 0.05) is 9.58 Å². The Kier molecular flexibility index (Phi) is 2.66. The normalized spacial score (nSPS) is 10.4. The Morgan fingerprint density at radius 2 is 1.78 bits per heavy atom. The minimum Gasteiger partial charge on any atom is -0.192 e. The molecule has 0 bridgehead atoms. The van der Waals surface area contributed by atoms with E-state index in [0.29, 0.717) is 5.56 Å². The summed E-state index contributed by atoms with van der Waals surface area (Å²) in [6.07, 6.45) is 0. The Bertz CT molecular complexity index is 750. The van der Waals surface area contributed by atoms with Crippen molar-refractivity contribution < 1.29 is 0 Å². The van der Waals surface area contributed by atoms with Crippen LogP contribution in [0.2, 0.25) is 0 Å². The van der Waals surface area contributed by atoms with Crippen LogP contribution in [0.4, 0.5) is 0 Å². The summed E-state index contributed by atoms with van der Waals surface area (Å²) in [6, 6.07) is 17.9. The molecule has 1 nitrogen and oxygen atoms in total. The highest BCUT2D eigenvalue weighted by atomic mass is 32.1. The number of hydrogen-bond donors (Lipinski definition) is 0. The second-order valence-electron chi connectivity index (χ2n) is 4.10. The van der Waals surface area contributed by atoms with Crippen molar-refractivity contribution in [3.8, 4) is 16.5 Å². The van der Waals surface area contributed by atoms with Crippen LogP contribution in [0.5, 0.6) is 0 Å². The molecule has 0 N–H and O–H groups in total. The lowest BCUT2D eigenvalue weighted by atomic mass is 9.95. The summed E-state index contributed by atoms with van der Waals surface area (Å²) in [4.78, 5) is 1.19. The molecule has 0 amide bonds. The van der Waals surface area contributed by atoms with E-state index in [4.69, 9.17) is 13.1 Å². The topological polar surface area (TPSA) is 23.8 Å². The van der Waals surface area contributed by atoms with Crippen LogP contribution >= 0.6 is 11.3 Å². The third-order valence-corrected chi connectivity index (χ3v) is 4.01. The molecule has 2 aromatic carbocycles. The first kappa shape index (κ1) is 11.1. The Balaban J connectivity index is 2.13. The molecule has 0 saturated carbocycles. The molecule has 3 aromatic rings. The number of fused-ring (bicyclic) bond motifs is 1. The summed E-state index contributed by atoms with van der Waals surface area (Å²) < 4.78 is 1.20. The highest BCUT2D eigenvalue weighted by Crippen LogP contribution is 2.33. The zero-order valence-electron chi connectivity index (χ0n) is 9.55. The molecule has 3 rings (SSSR count). The van der Waals surface area contributed by atoms with Crippen LogP contribution in [-0.2, 0) is 0 Å². The molecule has 0 saturated heterocycles. The van der Waals surface area contributed by atoms with Crippen molar-refractivity contribution in [2.45, 2.75) is 0 Å². The fraction of sp³-hybridized carbons (Fsp3) is 0. The molecule has 18 heavy (non-hydrogen) atoms. The average Bonchev–Trinajstić information content (AvgIpc) is 2.82. The van der Waals surface area contributed by atoms with Crippen molar-refractivity contribution >= 4 is 34.7 Å². The van der Waals surface area contributed by atoms with Gasteiger partial charge >= 0.3 is 0 Å². The van der Waals surface area contributed by atoms with Crippen LogP contribution in [0.25, 0.3) is 20.5 Å². The van der Waals surface area contributed by atoms with Gasteiger partial charge in [-0.05, 0) is 35.2 Å². The third-order valence-electron chi connectivity index (χ3n) is 2.84. The highest BCUT2D eigenvalue weighted by molar-refractivity contribution is 7.22. The van der Waals surface area contributed by atoms with Gasteiger partial charge in [0.25, 0.3) is 0 Å². The van der Waals surface area contributed by atoms with Crippen molar-refractivity contribution in [1.82, 2.24) is 0 Å². The first-order chi connectivity index (χ1) is 8.76. The SMILES string of the molecule is [B]c1ccc(-c2cc3cc(C#N)ccc3s2)cc1. The molecular weight excluding hydrogens is 237 g/mol. The van der Waals surface area contributed by atoms with E-state index in [9.17, 15) is 0 Å². The number of hydrogen-bond acceptors (Lipinski definition) is 2. The number of rotatable bonds is 1. The number of benzene rings is 2. The van der Waals surface area contributed by atoms with Crippen LogP contribution in [-0.4, -0.2) is 7.85 Å². The number of thiophene rings is 1. The maximum atomic E-state index is 8.89. The molecule has 2 radical (unpaired) electrons. The van der Waals surface area contributed by atoms with Gasteiger partial charge in [-0.15, -0.1) is 11.3 Å². The molecule has 82 valence electrons. The van der Waals surface area contributed by atoms with Crippen molar-refractivity contribution in [2.75, 3.05) is 0 Å². The van der Waals surface area contributed by atoms with E-state index in [1.165, 1.54) is 9.58 Å². The summed E-state index contributed by atoms with van der Waals surface area (Å²) in [5.74, 6) is 0. The summed E-state index contributed by atoms with van der Waals surface area (Å²) in [5, 5.41) is 10.0. The standard InChI is InChI=1S/C15H8BNS/c16-13-4-2-11(3-5-13)15-8-12-7-10(9-17)1-6-14(12)18-15/h1-8H. The van der Waals surface area contributed by atoms with E-state index >= 15 is 0 Å². The molecule has 0 aliphatic rings. The van der Waals surface area contributed by atoms with E-state index in [0.717, 1.165) is 16.4 Å². The molecule has 0 atom stereocenters. The molecule has 0 fully saturated rings. The Morgan fingerprint density at radius 3 is 2.50 bits per heavy atom. The van der Waals surface area contributed by atoms with E-state index < -0.39 is 0 Å². The molecule has 3 heteroatoms. The zero-order chi connectivity index (χ0) is 12.5. The monoisotopic (exact) mass is 245 g/mol. The van der Waals surface area contributed by atoms with Gasteiger partial charge in [0.15, 0.2) is 0 Å². The lowest BCUT2D eigenvalue weighted by Gasteiger charge is -1.97. The molecule has 1 heterocycles. The summed E-state index contributed by atoms with van der Waals surface area (Å²) >= 11 is 1.73. The van der Waals surface area contributed by atoms with E-state index in [1.54, 1.807) is 11.3 Å². The predicted molar refractivity (Wildman–Crippen MR) is 77.4 cm³/mol. The number of nitriles is 1. The van der Waals surface area contributed by atoms with Gasteiger partial charge in [-0.1, -0.05) is 29.7 Å². The fourth-order valence-corrected chi connectivity index (χ4v) is 2.95. The van der Waals surface area contributed by atoms with Crippen LogP contribution in [0.15, 0.2) is 48.5 Å².